The predicted octanol–water partition coefficient (Wildman–Crippen LogP) is 2.92. The number of rotatable bonds is 6. The smallest absolute Gasteiger partial charge is 0.139 e. The van der Waals surface area contributed by atoms with Crippen LogP contribution in [-0.2, 0) is 11.8 Å². The Balaban J connectivity index is 2.18. The van der Waals surface area contributed by atoms with Crippen molar-refractivity contribution in [3.8, 4) is 11.4 Å². The Labute approximate surface area is 114 Å². The van der Waals surface area contributed by atoms with Crippen molar-refractivity contribution in [2.24, 2.45) is 7.05 Å². The molecule has 0 aliphatic heterocycles. The van der Waals surface area contributed by atoms with Crippen LogP contribution in [0.3, 0.4) is 0 Å². The lowest BCUT2D eigenvalue weighted by Gasteiger charge is -2.17. The van der Waals surface area contributed by atoms with Crippen LogP contribution in [0.2, 0.25) is 0 Å². The van der Waals surface area contributed by atoms with Crippen LogP contribution in [0.25, 0.3) is 11.4 Å². The van der Waals surface area contributed by atoms with Crippen molar-refractivity contribution in [2.45, 2.75) is 19.4 Å². The molecule has 4 nitrogen and oxygen atoms in total. The first-order valence-electron chi connectivity index (χ1n) is 6.57. The van der Waals surface area contributed by atoms with Gasteiger partial charge in [-0.1, -0.05) is 19.1 Å². The molecule has 0 saturated heterocycles. The van der Waals surface area contributed by atoms with Crippen molar-refractivity contribution in [1.82, 2.24) is 9.55 Å². The molecule has 1 aromatic heterocycles. The van der Waals surface area contributed by atoms with E-state index in [1.807, 2.05) is 30.1 Å². The number of nitrogens with one attached hydrogen (secondary N) is 1. The minimum absolute atomic E-state index is 0.335. The summed E-state index contributed by atoms with van der Waals surface area (Å²) < 4.78 is 7.23. The van der Waals surface area contributed by atoms with E-state index in [-0.39, 0.29) is 0 Å². The number of aryl methyl sites for hydroxylation is 1. The van der Waals surface area contributed by atoms with Gasteiger partial charge in [0.2, 0.25) is 0 Å². The van der Waals surface area contributed by atoms with Gasteiger partial charge in [-0.2, -0.15) is 0 Å². The Morgan fingerprint density at radius 3 is 2.89 bits per heavy atom. The SMILES string of the molecule is CC[C@@H](COC)Nc1cccc(-c2nccn2C)c1. The maximum atomic E-state index is 5.21. The molecule has 2 rings (SSSR count). The molecule has 0 aliphatic carbocycles. The van der Waals surface area contributed by atoms with Gasteiger partial charge in [0.25, 0.3) is 0 Å². The Morgan fingerprint density at radius 1 is 1.42 bits per heavy atom. The highest BCUT2D eigenvalue weighted by atomic mass is 16.5. The van der Waals surface area contributed by atoms with Gasteiger partial charge in [0.05, 0.1) is 6.61 Å². The van der Waals surface area contributed by atoms with Crippen molar-refractivity contribution < 1.29 is 4.74 Å². The zero-order valence-corrected chi connectivity index (χ0v) is 11.8. The van der Waals surface area contributed by atoms with Crippen molar-refractivity contribution in [3.05, 3.63) is 36.7 Å². The van der Waals surface area contributed by atoms with Gasteiger partial charge in [-0.05, 0) is 18.6 Å². The number of anilines is 1. The highest BCUT2D eigenvalue weighted by molar-refractivity contribution is 5.63. The van der Waals surface area contributed by atoms with Gasteiger partial charge in [0.15, 0.2) is 0 Å². The summed E-state index contributed by atoms with van der Waals surface area (Å²) in [6, 6.07) is 8.66. The minimum atomic E-state index is 0.335. The van der Waals surface area contributed by atoms with Gasteiger partial charge >= 0.3 is 0 Å². The van der Waals surface area contributed by atoms with Crippen LogP contribution in [0.5, 0.6) is 0 Å². The molecule has 4 heteroatoms. The fraction of sp³-hybridized carbons (Fsp3) is 0.400. The van der Waals surface area contributed by atoms with Crippen LogP contribution in [0.15, 0.2) is 36.7 Å². The van der Waals surface area contributed by atoms with E-state index in [2.05, 4.69) is 35.4 Å². The molecule has 1 atom stereocenters. The molecule has 0 unspecified atom stereocenters. The molecule has 19 heavy (non-hydrogen) atoms. The van der Waals surface area contributed by atoms with Crippen LogP contribution in [-0.4, -0.2) is 29.3 Å². The van der Waals surface area contributed by atoms with E-state index in [4.69, 9.17) is 4.74 Å². The number of ether oxygens (including phenoxy) is 1. The molecular weight excluding hydrogens is 238 g/mol. The number of benzene rings is 1. The van der Waals surface area contributed by atoms with Gasteiger partial charge in [0.1, 0.15) is 5.82 Å². The Morgan fingerprint density at radius 2 is 2.26 bits per heavy atom. The van der Waals surface area contributed by atoms with Gasteiger partial charge in [-0.3, -0.25) is 0 Å². The Kier molecular flexibility index (Phi) is 4.58. The highest BCUT2D eigenvalue weighted by Crippen LogP contribution is 2.21. The zero-order valence-electron chi connectivity index (χ0n) is 11.8. The van der Waals surface area contributed by atoms with Crippen molar-refractivity contribution in [1.29, 1.82) is 0 Å². The van der Waals surface area contributed by atoms with Gasteiger partial charge < -0.3 is 14.6 Å². The topological polar surface area (TPSA) is 39.1 Å². The van der Waals surface area contributed by atoms with Gasteiger partial charge in [-0.15, -0.1) is 0 Å². The van der Waals surface area contributed by atoms with Crippen LogP contribution in [0, 0.1) is 0 Å². The molecule has 0 spiro atoms. The fourth-order valence-corrected chi connectivity index (χ4v) is 2.09. The van der Waals surface area contributed by atoms with E-state index >= 15 is 0 Å². The van der Waals surface area contributed by atoms with Crippen molar-refractivity contribution in [3.63, 3.8) is 0 Å². The quantitative estimate of drug-likeness (QED) is 0.867. The monoisotopic (exact) mass is 259 g/mol. The van der Waals surface area contributed by atoms with Gasteiger partial charge in [0, 0.05) is 43.8 Å². The average molecular weight is 259 g/mol. The molecule has 0 amide bonds. The molecule has 0 saturated carbocycles. The number of nitrogens with zero attached hydrogens (tertiary/aromatic N) is 2. The lowest BCUT2D eigenvalue weighted by molar-refractivity contribution is 0.184. The van der Waals surface area contributed by atoms with E-state index in [1.165, 1.54) is 0 Å². The second-order valence-electron chi connectivity index (χ2n) is 4.65. The summed E-state index contributed by atoms with van der Waals surface area (Å²) in [5.74, 6) is 0.975. The summed E-state index contributed by atoms with van der Waals surface area (Å²) >= 11 is 0. The van der Waals surface area contributed by atoms with Crippen molar-refractivity contribution >= 4 is 5.69 Å². The Bertz CT molecular complexity index is 522. The molecule has 0 radical (unpaired) electrons. The molecule has 1 heterocycles. The van der Waals surface area contributed by atoms with E-state index in [1.54, 1.807) is 7.11 Å². The van der Waals surface area contributed by atoms with Crippen LogP contribution >= 0.6 is 0 Å². The minimum Gasteiger partial charge on any atom is -0.383 e. The molecule has 1 aromatic carbocycles. The van der Waals surface area contributed by atoms with Crippen molar-refractivity contribution in [2.75, 3.05) is 19.0 Å². The van der Waals surface area contributed by atoms with Crippen LogP contribution < -0.4 is 5.32 Å². The summed E-state index contributed by atoms with van der Waals surface area (Å²) in [4.78, 5) is 4.37. The molecule has 102 valence electrons. The highest BCUT2D eigenvalue weighted by Gasteiger charge is 2.07. The molecule has 0 aliphatic rings. The number of methoxy groups -OCH3 is 1. The van der Waals surface area contributed by atoms with E-state index in [0.717, 1.165) is 23.5 Å². The second-order valence-corrected chi connectivity index (χ2v) is 4.65. The molecule has 0 bridgehead atoms. The normalized spacial score (nSPS) is 12.4. The van der Waals surface area contributed by atoms with Gasteiger partial charge in [-0.25, -0.2) is 4.98 Å². The van der Waals surface area contributed by atoms with E-state index < -0.39 is 0 Å². The third-order valence-electron chi connectivity index (χ3n) is 3.17. The third kappa shape index (κ3) is 3.35. The first kappa shape index (κ1) is 13.6. The maximum Gasteiger partial charge on any atom is 0.139 e. The predicted molar refractivity (Wildman–Crippen MR) is 78.2 cm³/mol. The van der Waals surface area contributed by atoms with Crippen LogP contribution in [0.4, 0.5) is 5.69 Å². The number of aromatic nitrogens is 2. The first-order chi connectivity index (χ1) is 9.24. The second kappa shape index (κ2) is 6.38. The lowest BCUT2D eigenvalue weighted by Crippen LogP contribution is -2.23. The largest absolute Gasteiger partial charge is 0.383 e. The molecular formula is C15H21N3O. The lowest BCUT2D eigenvalue weighted by atomic mass is 10.1. The zero-order chi connectivity index (χ0) is 13.7. The molecule has 1 N–H and O–H groups in total. The number of hydrogen-bond acceptors (Lipinski definition) is 3. The van der Waals surface area contributed by atoms with E-state index in [0.29, 0.717) is 12.6 Å². The standard InChI is InChI=1S/C15H21N3O/c1-4-13(11-19-3)17-14-7-5-6-12(10-14)15-16-8-9-18(15)2/h5-10,13,17H,4,11H2,1-3H3/t13-/m0/s1. The summed E-state index contributed by atoms with van der Waals surface area (Å²) in [7, 11) is 3.73. The molecule has 2 aromatic rings. The Hall–Kier alpha value is -1.81. The summed E-state index contributed by atoms with van der Waals surface area (Å²) in [6.07, 6.45) is 4.80. The average Bonchev–Trinajstić information content (AvgIpc) is 2.85. The van der Waals surface area contributed by atoms with E-state index in [9.17, 15) is 0 Å². The number of imidazole rings is 1. The maximum absolute atomic E-state index is 5.21. The molecule has 0 fully saturated rings. The fourth-order valence-electron chi connectivity index (χ4n) is 2.09. The summed E-state index contributed by atoms with van der Waals surface area (Å²) in [5.41, 5.74) is 2.22. The number of hydrogen-bond donors (Lipinski definition) is 1. The summed E-state index contributed by atoms with van der Waals surface area (Å²) in [5, 5.41) is 3.49. The van der Waals surface area contributed by atoms with Crippen LogP contribution in [0.1, 0.15) is 13.3 Å². The third-order valence-corrected chi connectivity index (χ3v) is 3.17. The first-order valence-corrected chi connectivity index (χ1v) is 6.57. The summed E-state index contributed by atoms with van der Waals surface area (Å²) in [6.45, 7) is 2.86.